The van der Waals surface area contributed by atoms with Crippen LogP contribution in [0.25, 0.3) is 0 Å². The number of nitriles is 1. The van der Waals surface area contributed by atoms with Crippen molar-refractivity contribution in [3.8, 4) is 6.07 Å². The van der Waals surface area contributed by atoms with Crippen molar-refractivity contribution in [2.24, 2.45) is 16.4 Å². The zero-order valence-electron chi connectivity index (χ0n) is 11.6. The number of rotatable bonds is 3. The van der Waals surface area contributed by atoms with Crippen molar-refractivity contribution in [1.29, 1.82) is 5.26 Å². The summed E-state index contributed by atoms with van der Waals surface area (Å²) in [5, 5.41) is 12.1. The van der Waals surface area contributed by atoms with Crippen LogP contribution in [-0.2, 0) is 19.1 Å². The average molecular weight is 265 g/mol. The predicted octanol–water partition coefficient (Wildman–Crippen LogP) is 1.50. The van der Waals surface area contributed by atoms with Crippen LogP contribution < -0.4 is 0 Å². The van der Waals surface area contributed by atoms with E-state index in [4.69, 9.17) is 27.2 Å². The van der Waals surface area contributed by atoms with E-state index >= 15 is 0 Å². The van der Waals surface area contributed by atoms with E-state index in [-0.39, 0.29) is 12.0 Å². The first kappa shape index (κ1) is 15.6. The monoisotopic (exact) mass is 265 g/mol. The van der Waals surface area contributed by atoms with Crippen LogP contribution in [0.5, 0.6) is 0 Å². The summed E-state index contributed by atoms with van der Waals surface area (Å²) in [6, 6.07) is 2.12. The Bertz CT molecular complexity index is 388. The summed E-state index contributed by atoms with van der Waals surface area (Å²) in [5.74, 6) is -0.756. The Morgan fingerprint density at radius 2 is 2.16 bits per heavy atom. The second-order valence-corrected chi connectivity index (χ2v) is 5.59. The fourth-order valence-electron chi connectivity index (χ4n) is 1.68. The maximum absolute atomic E-state index is 11.9. The summed E-state index contributed by atoms with van der Waals surface area (Å²) in [6.07, 6.45) is -1.57. The number of nitrogens with zero attached hydrogens (tertiary/aromatic N) is 2. The molecule has 103 valence electrons. The molecule has 0 aliphatic carbocycles. The van der Waals surface area contributed by atoms with Gasteiger partial charge in [0.1, 0.15) is 0 Å². The van der Waals surface area contributed by atoms with Gasteiger partial charge in [-0.3, -0.25) is 0 Å². The van der Waals surface area contributed by atoms with Crippen molar-refractivity contribution in [2.45, 2.75) is 52.6 Å². The minimum absolute atomic E-state index is 0.332. The topological polar surface area (TPSA) is 80.9 Å². The van der Waals surface area contributed by atoms with E-state index < -0.39 is 23.8 Å². The second kappa shape index (κ2) is 6.15. The molecule has 0 aromatic rings. The number of hydrogen-bond donors (Lipinski definition) is 0. The Balaban J connectivity index is 2.78. The Kier molecular flexibility index (Phi) is 5.07. The molecule has 0 bridgehead atoms. The molecule has 0 saturated carbocycles. The van der Waals surface area contributed by atoms with Crippen molar-refractivity contribution in [3.05, 3.63) is 0 Å². The van der Waals surface area contributed by atoms with E-state index in [1.54, 1.807) is 27.7 Å². The van der Waals surface area contributed by atoms with E-state index in [1.165, 1.54) is 0 Å². The molecule has 1 saturated heterocycles. The third kappa shape index (κ3) is 4.03. The van der Waals surface area contributed by atoms with Crippen LogP contribution in [0, 0.1) is 22.7 Å². The van der Waals surface area contributed by atoms with Crippen molar-refractivity contribution in [1.82, 2.24) is 0 Å². The molecule has 0 spiro atoms. The molecule has 0 aromatic carbocycles. The van der Waals surface area contributed by atoms with Gasteiger partial charge in [0.15, 0.2) is 0 Å². The molecule has 19 heavy (non-hydrogen) atoms. The van der Waals surface area contributed by atoms with Gasteiger partial charge in [0.25, 0.3) is 0 Å². The van der Waals surface area contributed by atoms with Crippen molar-refractivity contribution < 1.29 is 19.1 Å². The SMILES string of the molecule is [B]=NOC1OC(C)C(C#N)CC1OC(=O)C(C)(C)C. The van der Waals surface area contributed by atoms with Gasteiger partial charge in [-0.1, -0.05) is 0 Å². The quantitative estimate of drug-likeness (QED) is 0.439. The summed E-state index contributed by atoms with van der Waals surface area (Å²) in [7, 11) is 4.97. The van der Waals surface area contributed by atoms with Crippen LogP contribution in [0.15, 0.2) is 5.06 Å². The zero-order chi connectivity index (χ0) is 14.6. The third-order valence-electron chi connectivity index (χ3n) is 2.91. The molecule has 1 aliphatic heterocycles. The fourth-order valence-corrected chi connectivity index (χ4v) is 1.68. The number of carbonyl (C=O) groups excluding carboxylic acids is 1. The van der Waals surface area contributed by atoms with Crippen molar-refractivity contribution in [2.75, 3.05) is 0 Å². The van der Waals surface area contributed by atoms with Gasteiger partial charge in [0.2, 0.25) is 0 Å². The summed E-state index contributed by atoms with van der Waals surface area (Å²) in [4.78, 5) is 16.7. The Morgan fingerprint density at radius 3 is 2.63 bits per heavy atom. The molecule has 1 fully saturated rings. The Labute approximate surface area is 114 Å². The van der Waals surface area contributed by atoms with Crippen LogP contribution >= 0.6 is 0 Å². The second-order valence-electron chi connectivity index (χ2n) is 5.59. The Morgan fingerprint density at radius 1 is 1.53 bits per heavy atom. The predicted molar refractivity (Wildman–Crippen MR) is 66.7 cm³/mol. The molecular weight excluding hydrogens is 247 g/mol. The Hall–Kier alpha value is -1.42. The summed E-state index contributed by atoms with van der Waals surface area (Å²) >= 11 is 0. The molecule has 1 aliphatic rings. The average Bonchev–Trinajstić information content (AvgIpc) is 2.31. The van der Waals surface area contributed by atoms with Crippen LogP contribution in [0.1, 0.15) is 34.1 Å². The number of ether oxygens (including phenoxy) is 2. The molecule has 0 amide bonds. The first-order valence-corrected chi connectivity index (χ1v) is 6.11. The molecule has 1 heterocycles. The van der Waals surface area contributed by atoms with Gasteiger partial charge in [-0.15, -0.1) is 0 Å². The van der Waals surface area contributed by atoms with E-state index in [0.717, 1.165) is 0 Å². The summed E-state index contributed by atoms with van der Waals surface area (Å²) in [6.45, 7) is 6.98. The molecule has 4 atom stereocenters. The van der Waals surface area contributed by atoms with Gasteiger partial charge in [0, 0.05) is 0 Å². The molecule has 0 aromatic heterocycles. The molecule has 6 nitrogen and oxygen atoms in total. The summed E-state index contributed by atoms with van der Waals surface area (Å²) < 4.78 is 10.8. The van der Waals surface area contributed by atoms with E-state index in [1.807, 2.05) is 0 Å². The molecular formula is C12H18BN2O4. The zero-order valence-corrected chi connectivity index (χ0v) is 11.6. The van der Waals surface area contributed by atoms with Crippen LogP contribution in [-0.4, -0.2) is 32.1 Å². The van der Waals surface area contributed by atoms with E-state index in [2.05, 4.69) is 11.1 Å². The van der Waals surface area contributed by atoms with Crippen LogP contribution in [0.3, 0.4) is 0 Å². The van der Waals surface area contributed by atoms with Gasteiger partial charge in [0.05, 0.1) is 0 Å². The van der Waals surface area contributed by atoms with Crippen molar-refractivity contribution in [3.63, 3.8) is 0 Å². The molecule has 1 radical (unpaired) electrons. The van der Waals surface area contributed by atoms with Gasteiger partial charge in [-0.05, 0) is 0 Å². The first-order chi connectivity index (χ1) is 8.79. The van der Waals surface area contributed by atoms with Gasteiger partial charge in [-0.2, -0.15) is 0 Å². The number of carbonyl (C=O) groups is 1. The van der Waals surface area contributed by atoms with Crippen LogP contribution in [0.2, 0.25) is 0 Å². The van der Waals surface area contributed by atoms with Crippen molar-refractivity contribution >= 4 is 13.6 Å². The number of hydrogen-bond acceptors (Lipinski definition) is 6. The van der Waals surface area contributed by atoms with E-state index in [0.29, 0.717) is 6.42 Å². The maximum atomic E-state index is 11.9. The summed E-state index contributed by atoms with van der Waals surface area (Å²) in [5.41, 5.74) is -0.643. The fraction of sp³-hybridized carbons (Fsp3) is 0.833. The molecule has 1 rings (SSSR count). The van der Waals surface area contributed by atoms with Crippen LogP contribution in [0.4, 0.5) is 0 Å². The van der Waals surface area contributed by atoms with Gasteiger partial charge >= 0.3 is 113 Å². The van der Waals surface area contributed by atoms with Gasteiger partial charge < -0.3 is 0 Å². The standard InChI is InChI=1S/C12H18BN2O4/c1-7-8(6-14)5-9(10(17-7)19-15-13)18-11(16)12(2,3)4/h7-10H,5H2,1-4H3. The third-order valence-corrected chi connectivity index (χ3v) is 2.91. The molecule has 0 N–H and O–H groups in total. The molecule has 7 heteroatoms. The number of esters is 1. The van der Waals surface area contributed by atoms with E-state index in [9.17, 15) is 4.79 Å². The minimum atomic E-state index is -0.879. The van der Waals surface area contributed by atoms with Gasteiger partial charge in [-0.25, -0.2) is 0 Å². The first-order valence-electron chi connectivity index (χ1n) is 6.11. The molecule has 4 unspecified atom stereocenters. The normalized spacial score (nSPS) is 31.1.